The average Bonchev–Trinajstić information content (AvgIpc) is 2.61. The van der Waals surface area contributed by atoms with Gasteiger partial charge in [-0.3, -0.25) is 4.79 Å². The monoisotopic (exact) mass is 360 g/mol. The highest BCUT2D eigenvalue weighted by molar-refractivity contribution is 5.75. The minimum atomic E-state index is -0.397. The SMILES string of the molecule is CCCCCC=CCC=CCC=CCC=CCCC(C)(C)C(=O)OCC. The Kier molecular flexibility index (Phi) is 15.9. The van der Waals surface area contributed by atoms with E-state index in [2.05, 4.69) is 55.5 Å². The Morgan fingerprint density at radius 2 is 1.27 bits per heavy atom. The smallest absolute Gasteiger partial charge is 0.311 e. The number of carbonyl (C=O) groups excluding carboxylic acids is 1. The van der Waals surface area contributed by atoms with Gasteiger partial charge in [-0.2, -0.15) is 0 Å². The lowest BCUT2D eigenvalue weighted by Gasteiger charge is -2.21. The molecule has 0 aromatic carbocycles. The van der Waals surface area contributed by atoms with Crippen LogP contribution in [0, 0.1) is 5.41 Å². The Balaban J connectivity index is 3.70. The van der Waals surface area contributed by atoms with Crippen molar-refractivity contribution in [3.8, 4) is 0 Å². The molecular weight excluding hydrogens is 320 g/mol. The molecule has 0 rings (SSSR count). The number of esters is 1. The van der Waals surface area contributed by atoms with Crippen LogP contribution in [-0.4, -0.2) is 12.6 Å². The normalized spacial score (nSPS) is 12.9. The number of hydrogen-bond donors (Lipinski definition) is 0. The summed E-state index contributed by atoms with van der Waals surface area (Å²) in [6.07, 6.45) is 27.6. The van der Waals surface area contributed by atoms with E-state index in [1.54, 1.807) is 0 Å². The van der Waals surface area contributed by atoms with Gasteiger partial charge in [0.25, 0.3) is 0 Å². The fourth-order valence-electron chi connectivity index (χ4n) is 2.43. The highest BCUT2D eigenvalue weighted by Crippen LogP contribution is 2.24. The summed E-state index contributed by atoms with van der Waals surface area (Å²) < 4.78 is 5.10. The van der Waals surface area contributed by atoms with E-state index in [-0.39, 0.29) is 5.97 Å². The molecule has 0 saturated heterocycles. The first-order chi connectivity index (χ1) is 12.5. The number of hydrogen-bond acceptors (Lipinski definition) is 2. The van der Waals surface area contributed by atoms with Crippen LogP contribution in [0.3, 0.4) is 0 Å². The van der Waals surface area contributed by atoms with E-state index in [9.17, 15) is 4.79 Å². The van der Waals surface area contributed by atoms with E-state index in [4.69, 9.17) is 4.74 Å². The largest absolute Gasteiger partial charge is 0.466 e. The Morgan fingerprint density at radius 3 is 1.77 bits per heavy atom. The van der Waals surface area contributed by atoms with E-state index in [0.29, 0.717) is 6.61 Å². The minimum absolute atomic E-state index is 0.101. The summed E-state index contributed by atoms with van der Waals surface area (Å²) in [4.78, 5) is 11.8. The molecule has 0 bridgehead atoms. The molecule has 0 saturated carbocycles. The van der Waals surface area contributed by atoms with Gasteiger partial charge in [0.1, 0.15) is 0 Å². The molecule has 0 aliphatic rings. The van der Waals surface area contributed by atoms with E-state index in [0.717, 1.165) is 32.1 Å². The van der Waals surface area contributed by atoms with Crippen LogP contribution < -0.4 is 0 Å². The van der Waals surface area contributed by atoms with Crippen LogP contribution in [0.25, 0.3) is 0 Å². The third-order valence-electron chi connectivity index (χ3n) is 4.22. The number of ether oxygens (including phenoxy) is 1. The van der Waals surface area contributed by atoms with Crippen molar-refractivity contribution in [3.63, 3.8) is 0 Å². The van der Waals surface area contributed by atoms with E-state index >= 15 is 0 Å². The van der Waals surface area contributed by atoms with Crippen molar-refractivity contribution in [3.05, 3.63) is 48.6 Å². The lowest BCUT2D eigenvalue weighted by Crippen LogP contribution is -2.26. The lowest BCUT2D eigenvalue weighted by atomic mass is 9.88. The first-order valence-corrected chi connectivity index (χ1v) is 10.3. The van der Waals surface area contributed by atoms with E-state index < -0.39 is 5.41 Å². The Labute approximate surface area is 162 Å². The van der Waals surface area contributed by atoms with Gasteiger partial charge in [-0.1, -0.05) is 68.4 Å². The van der Waals surface area contributed by atoms with Crippen molar-refractivity contribution in [1.82, 2.24) is 0 Å². The maximum atomic E-state index is 11.8. The molecule has 0 heterocycles. The van der Waals surface area contributed by atoms with Gasteiger partial charge in [0.05, 0.1) is 12.0 Å². The van der Waals surface area contributed by atoms with Gasteiger partial charge in [-0.05, 0) is 65.7 Å². The second-order valence-electron chi connectivity index (χ2n) is 7.23. The highest BCUT2D eigenvalue weighted by Gasteiger charge is 2.27. The quantitative estimate of drug-likeness (QED) is 0.173. The molecule has 2 nitrogen and oxygen atoms in total. The molecule has 0 aromatic heterocycles. The van der Waals surface area contributed by atoms with Crippen molar-refractivity contribution in [2.24, 2.45) is 5.41 Å². The maximum absolute atomic E-state index is 11.8. The van der Waals surface area contributed by atoms with Gasteiger partial charge in [0.2, 0.25) is 0 Å². The predicted molar refractivity (Wildman–Crippen MR) is 114 cm³/mol. The second-order valence-corrected chi connectivity index (χ2v) is 7.23. The fraction of sp³-hybridized carbons (Fsp3) is 0.625. The van der Waals surface area contributed by atoms with Crippen molar-refractivity contribution in [2.45, 2.75) is 85.5 Å². The van der Waals surface area contributed by atoms with Gasteiger partial charge in [0.15, 0.2) is 0 Å². The maximum Gasteiger partial charge on any atom is 0.311 e. The van der Waals surface area contributed by atoms with Crippen molar-refractivity contribution in [2.75, 3.05) is 6.61 Å². The highest BCUT2D eigenvalue weighted by atomic mass is 16.5. The first-order valence-electron chi connectivity index (χ1n) is 10.3. The summed E-state index contributed by atoms with van der Waals surface area (Å²) in [5.74, 6) is -0.101. The van der Waals surface area contributed by atoms with Crippen LogP contribution in [-0.2, 0) is 9.53 Å². The molecule has 0 N–H and O–H groups in total. The van der Waals surface area contributed by atoms with Gasteiger partial charge in [0, 0.05) is 0 Å². The van der Waals surface area contributed by atoms with Crippen LogP contribution in [0.2, 0.25) is 0 Å². The number of unbranched alkanes of at least 4 members (excludes halogenated alkanes) is 3. The van der Waals surface area contributed by atoms with Crippen LogP contribution in [0.4, 0.5) is 0 Å². The van der Waals surface area contributed by atoms with Crippen LogP contribution in [0.15, 0.2) is 48.6 Å². The summed E-state index contributed by atoms with van der Waals surface area (Å²) in [5, 5.41) is 0. The molecule has 0 spiro atoms. The zero-order valence-electron chi connectivity index (χ0n) is 17.5. The number of allylic oxidation sites excluding steroid dienone is 8. The zero-order valence-corrected chi connectivity index (χ0v) is 17.5. The lowest BCUT2D eigenvalue weighted by molar-refractivity contribution is -0.153. The van der Waals surface area contributed by atoms with Crippen LogP contribution in [0.1, 0.15) is 85.5 Å². The standard InChI is InChI=1S/C24H40O2/c1-5-7-8-9-10-11-12-13-14-15-16-17-18-19-20-21-22-24(3,4)23(25)26-6-2/h10-11,13-14,16-17,19-20H,5-9,12,15,18,21-22H2,1-4H3. The molecule has 148 valence electrons. The molecule has 0 atom stereocenters. The molecule has 26 heavy (non-hydrogen) atoms. The Bertz CT molecular complexity index is 453. The zero-order chi connectivity index (χ0) is 19.5. The van der Waals surface area contributed by atoms with Gasteiger partial charge in [-0.15, -0.1) is 0 Å². The summed E-state index contributed by atoms with van der Waals surface area (Å²) in [6.45, 7) is 8.44. The van der Waals surface area contributed by atoms with Gasteiger partial charge in [-0.25, -0.2) is 0 Å². The van der Waals surface area contributed by atoms with Crippen molar-refractivity contribution < 1.29 is 9.53 Å². The van der Waals surface area contributed by atoms with E-state index in [1.807, 2.05) is 20.8 Å². The minimum Gasteiger partial charge on any atom is -0.466 e. The number of carbonyl (C=O) groups is 1. The summed E-state index contributed by atoms with van der Waals surface area (Å²) in [7, 11) is 0. The predicted octanol–water partition coefficient (Wildman–Crippen LogP) is 7.33. The molecule has 0 unspecified atom stereocenters. The van der Waals surface area contributed by atoms with Crippen molar-refractivity contribution >= 4 is 5.97 Å². The summed E-state index contributed by atoms with van der Waals surface area (Å²) in [6, 6.07) is 0. The molecule has 0 aromatic rings. The van der Waals surface area contributed by atoms with E-state index in [1.165, 1.54) is 25.7 Å². The second kappa shape index (κ2) is 16.9. The summed E-state index contributed by atoms with van der Waals surface area (Å²) in [5.41, 5.74) is -0.397. The molecular formula is C24H40O2. The van der Waals surface area contributed by atoms with Gasteiger partial charge >= 0.3 is 5.97 Å². The fourth-order valence-corrected chi connectivity index (χ4v) is 2.43. The van der Waals surface area contributed by atoms with Crippen LogP contribution >= 0.6 is 0 Å². The molecule has 0 amide bonds. The molecule has 0 fully saturated rings. The Morgan fingerprint density at radius 1 is 0.769 bits per heavy atom. The van der Waals surface area contributed by atoms with Crippen LogP contribution in [0.5, 0.6) is 0 Å². The average molecular weight is 361 g/mol. The third-order valence-corrected chi connectivity index (χ3v) is 4.22. The Hall–Kier alpha value is -1.57. The molecule has 0 aliphatic carbocycles. The van der Waals surface area contributed by atoms with Crippen molar-refractivity contribution in [1.29, 1.82) is 0 Å². The molecule has 2 heteroatoms. The molecule has 0 aliphatic heterocycles. The molecule has 0 radical (unpaired) electrons. The summed E-state index contributed by atoms with van der Waals surface area (Å²) >= 11 is 0. The van der Waals surface area contributed by atoms with Gasteiger partial charge < -0.3 is 4.74 Å². The topological polar surface area (TPSA) is 26.3 Å². The first kappa shape index (κ1) is 24.4. The third kappa shape index (κ3) is 14.7. The number of rotatable bonds is 15.